The Labute approximate surface area is 201 Å². The van der Waals surface area contributed by atoms with Crippen molar-refractivity contribution in [2.45, 2.75) is 51.3 Å². The van der Waals surface area contributed by atoms with Crippen LogP contribution in [0.15, 0.2) is 42.6 Å². The molecule has 0 radical (unpaired) electrons. The van der Waals surface area contributed by atoms with Gasteiger partial charge in [0.15, 0.2) is 0 Å². The molecular weight excluding hydrogens is 430 g/mol. The van der Waals surface area contributed by atoms with E-state index < -0.39 is 6.10 Å². The summed E-state index contributed by atoms with van der Waals surface area (Å²) in [7, 11) is 0. The predicted molar refractivity (Wildman–Crippen MR) is 132 cm³/mol. The molecule has 0 aliphatic carbocycles. The van der Waals surface area contributed by atoms with E-state index in [4.69, 9.17) is 0 Å². The van der Waals surface area contributed by atoms with Crippen molar-refractivity contribution in [3.63, 3.8) is 0 Å². The number of amides is 2. The molecule has 8 nitrogen and oxygen atoms in total. The van der Waals surface area contributed by atoms with Crippen LogP contribution in [0.1, 0.15) is 47.7 Å². The zero-order valence-corrected chi connectivity index (χ0v) is 19.9. The van der Waals surface area contributed by atoms with Crippen molar-refractivity contribution in [2.75, 3.05) is 38.0 Å². The average molecular weight is 466 g/mol. The first-order chi connectivity index (χ1) is 16.5. The summed E-state index contributed by atoms with van der Waals surface area (Å²) in [4.78, 5) is 33.0. The number of aromatic nitrogens is 1. The van der Waals surface area contributed by atoms with Crippen molar-refractivity contribution in [3.8, 4) is 0 Å². The molecule has 0 bridgehead atoms. The molecule has 1 atom stereocenters. The van der Waals surface area contributed by atoms with E-state index in [1.807, 2.05) is 17.9 Å². The molecule has 0 spiro atoms. The van der Waals surface area contributed by atoms with Gasteiger partial charge in [0, 0.05) is 63.5 Å². The minimum atomic E-state index is -0.635. The Morgan fingerprint density at radius 1 is 1.15 bits per heavy atom. The summed E-state index contributed by atoms with van der Waals surface area (Å²) in [5, 5.41) is 16.7. The van der Waals surface area contributed by atoms with Crippen molar-refractivity contribution in [1.29, 1.82) is 0 Å². The molecular formula is C26H35N5O3. The maximum absolute atomic E-state index is 12.7. The fourth-order valence-corrected chi connectivity index (χ4v) is 4.74. The Bertz CT molecular complexity index is 990. The van der Waals surface area contributed by atoms with E-state index in [0.29, 0.717) is 24.3 Å². The van der Waals surface area contributed by atoms with Crippen LogP contribution in [0, 0.1) is 0 Å². The summed E-state index contributed by atoms with van der Waals surface area (Å²) >= 11 is 0. The van der Waals surface area contributed by atoms with Crippen molar-refractivity contribution in [2.24, 2.45) is 0 Å². The van der Waals surface area contributed by atoms with Gasteiger partial charge in [-0.15, -0.1) is 0 Å². The number of β-amino-alcohol motifs (C(OH)–C–C–N with tert-alkyl or cyclic N) is 1. The molecule has 1 unspecified atom stereocenters. The number of aliphatic hydroxyl groups excluding tert-OH is 1. The lowest BCUT2D eigenvalue weighted by Gasteiger charge is -2.32. The van der Waals surface area contributed by atoms with E-state index in [2.05, 4.69) is 38.7 Å². The second kappa shape index (κ2) is 11.4. The molecule has 1 saturated heterocycles. The number of piperidine rings is 1. The minimum Gasteiger partial charge on any atom is -0.390 e. The molecule has 2 aliphatic rings. The average Bonchev–Trinajstić information content (AvgIpc) is 2.87. The molecule has 1 aromatic carbocycles. The van der Waals surface area contributed by atoms with Crippen LogP contribution in [-0.2, 0) is 17.8 Å². The monoisotopic (exact) mass is 465 g/mol. The van der Waals surface area contributed by atoms with Crippen LogP contribution in [-0.4, -0.2) is 76.6 Å². The van der Waals surface area contributed by atoms with Gasteiger partial charge in [0.05, 0.1) is 6.10 Å². The van der Waals surface area contributed by atoms with E-state index in [9.17, 15) is 14.7 Å². The number of carbonyl (C=O) groups excluding carboxylic acids is 2. The standard InChI is InChI=1S/C26H35N5O3/c1-2-25(33)31-13-9-22(10-14-31)29-24-15-20(7-11-27-24)26(34)28-16-23(32)18-30-12-8-19-5-3-4-6-21(19)17-30/h3-7,11,15,22-23,32H,2,8-10,12-14,16-18H2,1H3,(H,27,29)(H,28,34). The normalized spacial score (nSPS) is 17.6. The Morgan fingerprint density at radius 2 is 1.91 bits per heavy atom. The van der Waals surface area contributed by atoms with E-state index in [-0.39, 0.29) is 24.4 Å². The number of hydrogen-bond acceptors (Lipinski definition) is 6. The highest BCUT2D eigenvalue weighted by Gasteiger charge is 2.22. The summed E-state index contributed by atoms with van der Waals surface area (Å²) in [5.74, 6) is 0.625. The molecule has 3 N–H and O–H groups in total. The van der Waals surface area contributed by atoms with Crippen LogP contribution in [0.25, 0.3) is 0 Å². The van der Waals surface area contributed by atoms with E-state index >= 15 is 0 Å². The number of nitrogens with one attached hydrogen (secondary N) is 2. The summed E-state index contributed by atoms with van der Waals surface area (Å²) < 4.78 is 0. The van der Waals surface area contributed by atoms with Crippen LogP contribution < -0.4 is 10.6 Å². The van der Waals surface area contributed by atoms with Gasteiger partial charge in [0.2, 0.25) is 5.91 Å². The zero-order valence-electron chi connectivity index (χ0n) is 19.9. The second-order valence-corrected chi connectivity index (χ2v) is 9.20. The van der Waals surface area contributed by atoms with Crippen molar-refractivity contribution < 1.29 is 14.7 Å². The molecule has 182 valence electrons. The molecule has 34 heavy (non-hydrogen) atoms. The molecule has 2 aromatic rings. The minimum absolute atomic E-state index is 0.197. The third-order valence-corrected chi connectivity index (χ3v) is 6.70. The molecule has 3 heterocycles. The number of benzene rings is 1. The number of likely N-dealkylation sites (tertiary alicyclic amines) is 1. The van der Waals surface area contributed by atoms with Gasteiger partial charge in [-0.3, -0.25) is 14.5 Å². The summed E-state index contributed by atoms with van der Waals surface area (Å²) in [6, 6.07) is 12.1. The number of carbonyl (C=O) groups is 2. The Morgan fingerprint density at radius 3 is 2.68 bits per heavy atom. The maximum atomic E-state index is 12.7. The third-order valence-electron chi connectivity index (χ3n) is 6.70. The van der Waals surface area contributed by atoms with Crippen LogP contribution in [0.2, 0.25) is 0 Å². The summed E-state index contributed by atoms with van der Waals surface area (Å²) in [5.41, 5.74) is 3.20. The number of nitrogens with zero attached hydrogens (tertiary/aromatic N) is 3. The molecule has 0 saturated carbocycles. The number of hydrogen-bond donors (Lipinski definition) is 3. The maximum Gasteiger partial charge on any atom is 0.251 e. The number of rotatable bonds is 8. The van der Waals surface area contributed by atoms with E-state index in [0.717, 1.165) is 45.4 Å². The fourth-order valence-electron chi connectivity index (χ4n) is 4.74. The van der Waals surface area contributed by atoms with Gasteiger partial charge in [-0.05, 0) is 42.5 Å². The Kier molecular flexibility index (Phi) is 8.13. The largest absolute Gasteiger partial charge is 0.390 e. The van der Waals surface area contributed by atoms with Gasteiger partial charge in [0.25, 0.3) is 5.91 Å². The van der Waals surface area contributed by atoms with Gasteiger partial charge < -0.3 is 20.6 Å². The van der Waals surface area contributed by atoms with Crippen LogP contribution in [0.4, 0.5) is 5.82 Å². The highest BCUT2D eigenvalue weighted by molar-refractivity contribution is 5.94. The van der Waals surface area contributed by atoms with Crippen molar-refractivity contribution in [3.05, 3.63) is 59.3 Å². The van der Waals surface area contributed by atoms with Gasteiger partial charge in [0.1, 0.15) is 5.82 Å². The third kappa shape index (κ3) is 6.33. The lowest BCUT2D eigenvalue weighted by atomic mass is 10.00. The van der Waals surface area contributed by atoms with Crippen LogP contribution in [0.3, 0.4) is 0 Å². The topological polar surface area (TPSA) is 97.8 Å². The number of anilines is 1. The fraction of sp³-hybridized carbons (Fsp3) is 0.500. The Balaban J connectivity index is 1.22. The first-order valence-corrected chi connectivity index (χ1v) is 12.3. The van der Waals surface area contributed by atoms with E-state index in [1.54, 1.807) is 18.3 Å². The molecule has 2 amide bonds. The highest BCUT2D eigenvalue weighted by atomic mass is 16.3. The van der Waals surface area contributed by atoms with E-state index in [1.165, 1.54) is 11.1 Å². The van der Waals surface area contributed by atoms with Gasteiger partial charge in [-0.2, -0.15) is 0 Å². The van der Waals surface area contributed by atoms with Gasteiger partial charge >= 0.3 is 0 Å². The molecule has 2 aliphatic heterocycles. The molecule has 8 heteroatoms. The first kappa shape index (κ1) is 24.2. The summed E-state index contributed by atoms with van der Waals surface area (Å²) in [6.45, 7) is 5.83. The van der Waals surface area contributed by atoms with Crippen LogP contribution >= 0.6 is 0 Å². The van der Waals surface area contributed by atoms with Gasteiger partial charge in [-0.25, -0.2) is 4.98 Å². The number of pyridine rings is 1. The summed E-state index contributed by atoms with van der Waals surface area (Å²) in [6.07, 6.45) is 4.22. The highest BCUT2D eigenvalue weighted by Crippen LogP contribution is 2.19. The van der Waals surface area contributed by atoms with Crippen molar-refractivity contribution in [1.82, 2.24) is 20.1 Å². The van der Waals surface area contributed by atoms with Crippen molar-refractivity contribution >= 4 is 17.6 Å². The SMILES string of the molecule is CCC(=O)N1CCC(Nc2cc(C(=O)NCC(O)CN3CCc4ccccc4C3)ccn2)CC1. The smallest absolute Gasteiger partial charge is 0.251 e. The molecule has 4 rings (SSSR count). The first-order valence-electron chi connectivity index (χ1n) is 12.3. The Hall–Kier alpha value is -2.97. The lowest BCUT2D eigenvalue weighted by molar-refractivity contribution is -0.131. The number of aliphatic hydroxyl groups is 1. The number of fused-ring (bicyclic) bond motifs is 1. The van der Waals surface area contributed by atoms with Gasteiger partial charge in [-0.1, -0.05) is 31.2 Å². The molecule has 1 aromatic heterocycles. The second-order valence-electron chi connectivity index (χ2n) is 9.20. The zero-order chi connectivity index (χ0) is 23.9. The lowest BCUT2D eigenvalue weighted by Crippen LogP contribution is -2.42. The predicted octanol–water partition coefficient (Wildman–Crippen LogP) is 2.04. The van der Waals surface area contributed by atoms with Crippen LogP contribution in [0.5, 0.6) is 0 Å². The molecule has 1 fully saturated rings. The quantitative estimate of drug-likeness (QED) is 0.552.